The fourth-order valence-electron chi connectivity index (χ4n) is 4.13. The number of hydrogen-bond acceptors (Lipinski definition) is 2. The fourth-order valence-corrected chi connectivity index (χ4v) is 4.13. The van der Waals surface area contributed by atoms with E-state index in [2.05, 4.69) is 84.6 Å². The van der Waals surface area contributed by atoms with Crippen molar-refractivity contribution >= 4 is 16.5 Å². The highest BCUT2D eigenvalue weighted by atomic mass is 16.5. The van der Waals surface area contributed by atoms with Crippen LogP contribution in [0.25, 0.3) is 10.8 Å². The smallest absolute Gasteiger partial charge is 0.0670 e. The molecule has 4 rings (SSSR count). The van der Waals surface area contributed by atoms with Crippen LogP contribution in [-0.2, 0) is 4.74 Å². The average molecular weight is 345 g/mol. The monoisotopic (exact) mass is 345 g/mol. The molecule has 0 aromatic heterocycles. The number of ether oxygens (including phenoxy) is 1. The average Bonchev–Trinajstić information content (AvgIpc) is 2.72. The summed E-state index contributed by atoms with van der Waals surface area (Å²) < 4.78 is 5.80. The number of hydrogen-bond donors (Lipinski definition) is 0. The Morgan fingerprint density at radius 2 is 1.73 bits per heavy atom. The van der Waals surface area contributed by atoms with Crippen LogP contribution in [-0.4, -0.2) is 25.8 Å². The number of para-hydroxylation sites is 1. The molecule has 0 radical (unpaired) electrons. The van der Waals surface area contributed by atoms with Gasteiger partial charge in [0, 0.05) is 12.2 Å². The van der Waals surface area contributed by atoms with Gasteiger partial charge in [-0.3, -0.25) is 0 Å². The molecule has 3 aromatic rings. The first kappa shape index (κ1) is 17.1. The van der Waals surface area contributed by atoms with Gasteiger partial charge in [-0.15, -0.1) is 0 Å². The predicted molar refractivity (Wildman–Crippen MR) is 110 cm³/mol. The lowest BCUT2D eigenvalue weighted by atomic mass is 9.90. The van der Waals surface area contributed by atoms with E-state index in [9.17, 15) is 0 Å². The zero-order valence-electron chi connectivity index (χ0n) is 15.5. The summed E-state index contributed by atoms with van der Waals surface area (Å²) >= 11 is 0. The van der Waals surface area contributed by atoms with Crippen LogP contribution in [0.15, 0.2) is 72.8 Å². The number of rotatable bonds is 5. The molecule has 2 nitrogen and oxygen atoms in total. The SMILES string of the molecule is C[C@@H](CCC1COCCN1c1ccccc1)c1cccc2ccccc12. The van der Waals surface area contributed by atoms with E-state index in [0.717, 1.165) is 26.2 Å². The van der Waals surface area contributed by atoms with Crippen molar-refractivity contribution in [2.45, 2.75) is 31.7 Å². The maximum atomic E-state index is 5.80. The van der Waals surface area contributed by atoms with Crippen molar-refractivity contribution in [3.05, 3.63) is 78.4 Å². The summed E-state index contributed by atoms with van der Waals surface area (Å²) in [6.45, 7) is 5.00. The minimum Gasteiger partial charge on any atom is -0.377 e. The van der Waals surface area contributed by atoms with Gasteiger partial charge in [0.25, 0.3) is 0 Å². The Labute approximate surface area is 156 Å². The van der Waals surface area contributed by atoms with E-state index in [1.165, 1.54) is 28.4 Å². The van der Waals surface area contributed by atoms with Gasteiger partial charge in [-0.05, 0) is 47.2 Å². The van der Waals surface area contributed by atoms with E-state index in [0.29, 0.717) is 12.0 Å². The first-order valence-corrected chi connectivity index (χ1v) is 9.70. The van der Waals surface area contributed by atoms with E-state index >= 15 is 0 Å². The van der Waals surface area contributed by atoms with Gasteiger partial charge in [-0.25, -0.2) is 0 Å². The first-order valence-electron chi connectivity index (χ1n) is 9.70. The molecular formula is C24H27NO. The number of nitrogens with zero attached hydrogens (tertiary/aromatic N) is 1. The van der Waals surface area contributed by atoms with Crippen LogP contribution in [0.5, 0.6) is 0 Å². The number of benzene rings is 3. The summed E-state index contributed by atoms with van der Waals surface area (Å²) in [5, 5.41) is 2.73. The van der Waals surface area contributed by atoms with Gasteiger partial charge in [0.1, 0.15) is 0 Å². The molecule has 0 spiro atoms. The van der Waals surface area contributed by atoms with Gasteiger partial charge in [-0.1, -0.05) is 67.6 Å². The summed E-state index contributed by atoms with van der Waals surface area (Å²) in [7, 11) is 0. The molecule has 2 heteroatoms. The molecule has 26 heavy (non-hydrogen) atoms. The highest BCUT2D eigenvalue weighted by Gasteiger charge is 2.24. The van der Waals surface area contributed by atoms with Crippen LogP contribution in [0, 0.1) is 0 Å². The third-order valence-electron chi connectivity index (χ3n) is 5.60. The molecule has 2 atom stereocenters. The highest BCUT2D eigenvalue weighted by Crippen LogP contribution is 2.30. The Kier molecular flexibility index (Phi) is 5.21. The molecule has 1 fully saturated rings. The van der Waals surface area contributed by atoms with Crippen LogP contribution in [0.1, 0.15) is 31.2 Å². The van der Waals surface area contributed by atoms with E-state index in [1.807, 2.05) is 0 Å². The largest absolute Gasteiger partial charge is 0.377 e. The second-order valence-corrected chi connectivity index (χ2v) is 7.30. The summed E-state index contributed by atoms with van der Waals surface area (Å²) in [6, 6.07) is 26.6. The van der Waals surface area contributed by atoms with E-state index in [-0.39, 0.29) is 0 Å². The Balaban J connectivity index is 1.48. The van der Waals surface area contributed by atoms with Gasteiger partial charge in [0.15, 0.2) is 0 Å². The number of anilines is 1. The van der Waals surface area contributed by atoms with Crippen LogP contribution >= 0.6 is 0 Å². The normalized spacial score (nSPS) is 18.8. The first-order chi connectivity index (χ1) is 12.8. The maximum Gasteiger partial charge on any atom is 0.0670 e. The zero-order valence-corrected chi connectivity index (χ0v) is 15.5. The number of fused-ring (bicyclic) bond motifs is 1. The van der Waals surface area contributed by atoms with Crippen LogP contribution in [0.3, 0.4) is 0 Å². The van der Waals surface area contributed by atoms with Crippen molar-refractivity contribution in [2.24, 2.45) is 0 Å². The van der Waals surface area contributed by atoms with Gasteiger partial charge in [0.05, 0.1) is 19.3 Å². The van der Waals surface area contributed by atoms with Crippen LogP contribution in [0.2, 0.25) is 0 Å². The van der Waals surface area contributed by atoms with E-state index in [1.54, 1.807) is 0 Å². The van der Waals surface area contributed by atoms with Crippen molar-refractivity contribution in [1.82, 2.24) is 0 Å². The zero-order chi connectivity index (χ0) is 17.8. The molecule has 1 aliphatic rings. The van der Waals surface area contributed by atoms with Crippen molar-refractivity contribution in [2.75, 3.05) is 24.7 Å². The molecule has 1 heterocycles. The summed E-state index contributed by atoms with van der Waals surface area (Å²) in [6.07, 6.45) is 2.32. The topological polar surface area (TPSA) is 12.5 Å². The van der Waals surface area contributed by atoms with Gasteiger partial charge >= 0.3 is 0 Å². The predicted octanol–water partition coefficient (Wildman–Crippen LogP) is 5.63. The lowest BCUT2D eigenvalue weighted by molar-refractivity contribution is 0.0905. The third kappa shape index (κ3) is 3.61. The molecule has 0 amide bonds. The standard InChI is InChI=1S/C24H27NO/c1-19(23-13-7-9-20-8-5-6-12-24(20)23)14-15-22-18-26-17-16-25(22)21-10-3-2-4-11-21/h2-13,19,22H,14-18H2,1H3/t19-,22?/m0/s1. The van der Waals surface area contributed by atoms with Crippen molar-refractivity contribution < 1.29 is 4.74 Å². The van der Waals surface area contributed by atoms with Crippen LogP contribution in [0.4, 0.5) is 5.69 Å². The molecule has 0 saturated carbocycles. The fraction of sp³-hybridized carbons (Fsp3) is 0.333. The minimum atomic E-state index is 0.462. The minimum absolute atomic E-state index is 0.462. The van der Waals surface area contributed by atoms with Gasteiger partial charge < -0.3 is 9.64 Å². The quantitative estimate of drug-likeness (QED) is 0.594. The molecule has 3 aromatic carbocycles. The molecule has 1 unspecified atom stereocenters. The summed E-state index contributed by atoms with van der Waals surface area (Å²) in [5.41, 5.74) is 2.78. The number of morpholine rings is 1. The summed E-state index contributed by atoms with van der Waals surface area (Å²) in [5.74, 6) is 0.542. The van der Waals surface area contributed by atoms with Crippen molar-refractivity contribution in [3.8, 4) is 0 Å². The lowest BCUT2D eigenvalue weighted by Crippen LogP contribution is -2.45. The molecule has 134 valence electrons. The Morgan fingerprint density at radius 3 is 2.62 bits per heavy atom. The molecule has 0 bridgehead atoms. The Bertz CT molecular complexity index is 840. The van der Waals surface area contributed by atoms with E-state index in [4.69, 9.17) is 4.74 Å². The van der Waals surface area contributed by atoms with Crippen molar-refractivity contribution in [3.63, 3.8) is 0 Å². The highest BCUT2D eigenvalue weighted by molar-refractivity contribution is 5.86. The van der Waals surface area contributed by atoms with Crippen LogP contribution < -0.4 is 4.90 Å². The second kappa shape index (κ2) is 7.92. The second-order valence-electron chi connectivity index (χ2n) is 7.30. The Morgan fingerprint density at radius 1 is 0.962 bits per heavy atom. The molecule has 0 N–H and O–H groups in total. The van der Waals surface area contributed by atoms with Gasteiger partial charge in [0.2, 0.25) is 0 Å². The summed E-state index contributed by atoms with van der Waals surface area (Å²) in [4.78, 5) is 2.53. The molecular weight excluding hydrogens is 318 g/mol. The van der Waals surface area contributed by atoms with Gasteiger partial charge in [-0.2, -0.15) is 0 Å². The third-order valence-corrected chi connectivity index (χ3v) is 5.60. The van der Waals surface area contributed by atoms with Crippen molar-refractivity contribution in [1.29, 1.82) is 0 Å². The maximum absolute atomic E-state index is 5.80. The lowest BCUT2D eigenvalue weighted by Gasteiger charge is -2.38. The molecule has 1 aliphatic heterocycles. The molecule has 0 aliphatic carbocycles. The van der Waals surface area contributed by atoms with E-state index < -0.39 is 0 Å². The molecule has 1 saturated heterocycles. The Hall–Kier alpha value is -2.32.